The monoisotopic (exact) mass is 276 g/mol. The molecule has 1 N–H and O–H groups in total. The zero-order valence-electron chi connectivity index (χ0n) is 12.4. The molecule has 1 aliphatic carbocycles. The fraction of sp³-hybridized carbons (Fsp3) is 0.625. The zero-order chi connectivity index (χ0) is 13.9. The molecule has 0 bridgehead atoms. The van der Waals surface area contributed by atoms with Crippen LogP contribution in [0.25, 0.3) is 0 Å². The summed E-state index contributed by atoms with van der Waals surface area (Å²) < 4.78 is 10.9. The Morgan fingerprint density at radius 3 is 2.75 bits per heavy atom. The topological polar surface area (TPSA) is 33.7 Å². The lowest BCUT2D eigenvalue weighted by atomic mass is 10.1. The van der Waals surface area contributed by atoms with Crippen molar-refractivity contribution in [1.82, 2.24) is 5.32 Å². The van der Waals surface area contributed by atoms with Crippen LogP contribution in [0.4, 0.5) is 5.69 Å². The Balaban J connectivity index is 1.84. The lowest BCUT2D eigenvalue weighted by Gasteiger charge is -2.28. The lowest BCUT2D eigenvalue weighted by Crippen LogP contribution is -2.39. The molecular weight excluding hydrogens is 252 g/mol. The molecule has 0 radical (unpaired) electrons. The Labute approximate surface area is 121 Å². The van der Waals surface area contributed by atoms with Crippen LogP contribution < -0.4 is 19.7 Å². The minimum atomic E-state index is 0.619. The number of rotatable bonds is 4. The maximum Gasteiger partial charge on any atom is 0.142 e. The van der Waals surface area contributed by atoms with Crippen molar-refractivity contribution in [2.75, 3.05) is 38.8 Å². The van der Waals surface area contributed by atoms with Gasteiger partial charge in [-0.15, -0.1) is 0 Å². The van der Waals surface area contributed by atoms with Crippen molar-refractivity contribution < 1.29 is 9.47 Å². The second kappa shape index (κ2) is 5.92. The molecule has 110 valence electrons. The average Bonchev–Trinajstić information content (AvgIpc) is 3.32. The molecule has 2 fully saturated rings. The molecule has 4 nitrogen and oxygen atoms in total. The second-order valence-electron chi connectivity index (χ2n) is 5.74. The fourth-order valence-corrected chi connectivity index (χ4v) is 3.03. The van der Waals surface area contributed by atoms with E-state index in [1.165, 1.54) is 19.3 Å². The van der Waals surface area contributed by atoms with Crippen LogP contribution in [0.1, 0.15) is 19.3 Å². The molecular formula is C16H24N2O2. The van der Waals surface area contributed by atoms with Crippen molar-refractivity contribution in [1.29, 1.82) is 0 Å². The molecule has 1 aromatic rings. The van der Waals surface area contributed by atoms with Gasteiger partial charge in [0.25, 0.3) is 0 Å². The van der Waals surface area contributed by atoms with E-state index in [2.05, 4.69) is 16.3 Å². The molecule has 0 spiro atoms. The SMILES string of the molecule is COc1ccc(OC)c(N2CCCNC(C3CC3)C2)c1. The Kier molecular flexibility index (Phi) is 4.01. The second-order valence-corrected chi connectivity index (χ2v) is 5.74. The highest BCUT2D eigenvalue weighted by Crippen LogP contribution is 2.37. The summed E-state index contributed by atoms with van der Waals surface area (Å²) in [6.07, 6.45) is 3.92. The van der Waals surface area contributed by atoms with E-state index in [1.54, 1.807) is 14.2 Å². The van der Waals surface area contributed by atoms with E-state index in [-0.39, 0.29) is 0 Å². The molecule has 1 atom stereocenters. The highest BCUT2D eigenvalue weighted by molar-refractivity contribution is 5.62. The van der Waals surface area contributed by atoms with Crippen molar-refractivity contribution >= 4 is 5.69 Å². The van der Waals surface area contributed by atoms with Crippen molar-refractivity contribution in [2.24, 2.45) is 5.92 Å². The molecule has 1 aromatic carbocycles. The summed E-state index contributed by atoms with van der Waals surface area (Å²) in [7, 11) is 3.45. The van der Waals surface area contributed by atoms with Crippen molar-refractivity contribution in [2.45, 2.75) is 25.3 Å². The van der Waals surface area contributed by atoms with Gasteiger partial charge in [-0.2, -0.15) is 0 Å². The smallest absolute Gasteiger partial charge is 0.142 e. The predicted octanol–water partition coefficient (Wildman–Crippen LogP) is 2.28. The molecule has 1 heterocycles. The maximum atomic E-state index is 5.53. The molecule has 0 aromatic heterocycles. The number of nitrogens with one attached hydrogen (secondary N) is 1. The molecule has 1 unspecified atom stereocenters. The number of hydrogen-bond donors (Lipinski definition) is 1. The number of hydrogen-bond acceptors (Lipinski definition) is 4. The number of benzene rings is 1. The van der Waals surface area contributed by atoms with E-state index in [4.69, 9.17) is 9.47 Å². The zero-order valence-corrected chi connectivity index (χ0v) is 12.4. The van der Waals surface area contributed by atoms with Gasteiger partial charge >= 0.3 is 0 Å². The Morgan fingerprint density at radius 1 is 1.20 bits per heavy atom. The summed E-state index contributed by atoms with van der Waals surface area (Å²) in [5.74, 6) is 2.69. The quantitative estimate of drug-likeness (QED) is 0.915. The van der Waals surface area contributed by atoms with Crippen LogP contribution in [0.15, 0.2) is 18.2 Å². The molecule has 1 saturated heterocycles. The van der Waals surface area contributed by atoms with E-state index in [9.17, 15) is 0 Å². The summed E-state index contributed by atoms with van der Waals surface area (Å²) in [4.78, 5) is 2.45. The van der Waals surface area contributed by atoms with Crippen LogP contribution in [-0.4, -0.2) is 39.9 Å². The summed E-state index contributed by atoms with van der Waals surface area (Å²) >= 11 is 0. The first-order chi connectivity index (χ1) is 9.81. The van der Waals surface area contributed by atoms with Gasteiger partial charge < -0.3 is 19.7 Å². The maximum absolute atomic E-state index is 5.53. The van der Waals surface area contributed by atoms with Gasteiger partial charge in [0, 0.05) is 25.2 Å². The Morgan fingerprint density at radius 2 is 2.05 bits per heavy atom. The van der Waals surface area contributed by atoms with Crippen LogP contribution in [0.3, 0.4) is 0 Å². The highest BCUT2D eigenvalue weighted by Gasteiger charge is 2.33. The largest absolute Gasteiger partial charge is 0.497 e. The Bertz CT molecular complexity index is 460. The first-order valence-corrected chi connectivity index (χ1v) is 7.52. The van der Waals surface area contributed by atoms with Crippen LogP contribution in [0.2, 0.25) is 0 Å². The van der Waals surface area contributed by atoms with Crippen molar-refractivity contribution in [3.8, 4) is 11.5 Å². The first-order valence-electron chi connectivity index (χ1n) is 7.52. The molecule has 20 heavy (non-hydrogen) atoms. The lowest BCUT2D eigenvalue weighted by molar-refractivity contribution is 0.402. The molecule has 3 rings (SSSR count). The van der Waals surface area contributed by atoms with Gasteiger partial charge in [0.2, 0.25) is 0 Å². The number of anilines is 1. The van der Waals surface area contributed by atoms with Crippen LogP contribution in [0, 0.1) is 5.92 Å². The molecule has 4 heteroatoms. The van der Waals surface area contributed by atoms with Gasteiger partial charge in [-0.1, -0.05) is 0 Å². The van der Waals surface area contributed by atoms with Crippen LogP contribution in [-0.2, 0) is 0 Å². The number of ether oxygens (including phenoxy) is 2. The Hall–Kier alpha value is -1.42. The van der Waals surface area contributed by atoms with E-state index in [0.29, 0.717) is 6.04 Å². The van der Waals surface area contributed by atoms with Gasteiger partial charge in [-0.3, -0.25) is 0 Å². The van der Waals surface area contributed by atoms with Gasteiger partial charge in [0.1, 0.15) is 11.5 Å². The van der Waals surface area contributed by atoms with Gasteiger partial charge in [0.05, 0.1) is 19.9 Å². The highest BCUT2D eigenvalue weighted by atomic mass is 16.5. The third kappa shape index (κ3) is 2.85. The normalized spacial score (nSPS) is 23.3. The molecule has 1 aliphatic heterocycles. The minimum absolute atomic E-state index is 0.619. The van der Waals surface area contributed by atoms with E-state index >= 15 is 0 Å². The number of nitrogens with zero attached hydrogens (tertiary/aromatic N) is 1. The van der Waals surface area contributed by atoms with Gasteiger partial charge in [-0.25, -0.2) is 0 Å². The number of methoxy groups -OCH3 is 2. The van der Waals surface area contributed by atoms with E-state index in [1.807, 2.05) is 12.1 Å². The van der Waals surface area contributed by atoms with Gasteiger partial charge in [0.15, 0.2) is 0 Å². The molecule has 1 saturated carbocycles. The summed E-state index contributed by atoms with van der Waals surface area (Å²) in [6, 6.07) is 6.66. The van der Waals surface area contributed by atoms with Crippen LogP contribution in [0.5, 0.6) is 11.5 Å². The summed E-state index contributed by atoms with van der Waals surface area (Å²) in [6.45, 7) is 3.25. The fourth-order valence-electron chi connectivity index (χ4n) is 3.03. The van der Waals surface area contributed by atoms with Crippen LogP contribution >= 0.6 is 0 Å². The van der Waals surface area contributed by atoms with Crippen molar-refractivity contribution in [3.63, 3.8) is 0 Å². The molecule has 0 amide bonds. The van der Waals surface area contributed by atoms with E-state index < -0.39 is 0 Å². The average molecular weight is 276 g/mol. The summed E-state index contributed by atoms with van der Waals surface area (Å²) in [5.41, 5.74) is 1.15. The third-order valence-electron chi connectivity index (χ3n) is 4.35. The van der Waals surface area contributed by atoms with E-state index in [0.717, 1.165) is 42.7 Å². The standard InChI is InChI=1S/C16H24N2O2/c1-19-13-6-7-16(20-2)15(10-13)18-9-3-8-17-14(11-18)12-4-5-12/h6-7,10,12,14,17H,3-5,8-9,11H2,1-2H3. The predicted molar refractivity (Wildman–Crippen MR) is 80.9 cm³/mol. The third-order valence-corrected chi connectivity index (χ3v) is 4.35. The van der Waals surface area contributed by atoms with Gasteiger partial charge in [-0.05, 0) is 43.9 Å². The molecule has 2 aliphatic rings. The minimum Gasteiger partial charge on any atom is -0.497 e. The first kappa shape index (κ1) is 13.6. The summed E-state index contributed by atoms with van der Waals surface area (Å²) in [5, 5.41) is 3.70. The van der Waals surface area contributed by atoms with Crippen molar-refractivity contribution in [3.05, 3.63) is 18.2 Å².